The SMILES string of the molecule is COC(=O)CN1C(=O)N/C(=C/c2cc(OC)c(OCc3cccc([N+](=O)[O-])c3)cc2Br)C1=O. The number of halogens is 1. The first-order chi connectivity index (χ1) is 15.7. The zero-order valence-corrected chi connectivity index (χ0v) is 19.1. The van der Waals surface area contributed by atoms with Crippen LogP contribution in [0.25, 0.3) is 6.08 Å². The lowest BCUT2D eigenvalue weighted by molar-refractivity contribution is -0.384. The number of hydrogen-bond donors (Lipinski definition) is 1. The normalized spacial score (nSPS) is 14.3. The number of nitrogens with one attached hydrogen (secondary N) is 1. The minimum atomic E-state index is -0.739. The van der Waals surface area contributed by atoms with Crippen LogP contribution in [0.15, 0.2) is 46.6 Å². The number of esters is 1. The summed E-state index contributed by atoms with van der Waals surface area (Å²) in [6.07, 6.45) is 1.43. The van der Waals surface area contributed by atoms with E-state index in [1.165, 1.54) is 25.3 Å². The zero-order valence-electron chi connectivity index (χ0n) is 17.5. The van der Waals surface area contributed by atoms with Crippen LogP contribution >= 0.6 is 15.9 Å². The van der Waals surface area contributed by atoms with Crippen molar-refractivity contribution in [2.45, 2.75) is 6.61 Å². The topological polar surface area (TPSA) is 137 Å². The maximum atomic E-state index is 12.5. The van der Waals surface area contributed by atoms with E-state index in [-0.39, 0.29) is 18.0 Å². The second-order valence-electron chi connectivity index (χ2n) is 6.70. The average Bonchev–Trinajstić information content (AvgIpc) is 3.06. The van der Waals surface area contributed by atoms with Gasteiger partial charge in [0.2, 0.25) is 0 Å². The molecular formula is C21H18BrN3O8. The molecule has 1 aliphatic heterocycles. The van der Waals surface area contributed by atoms with E-state index in [2.05, 4.69) is 26.0 Å². The summed E-state index contributed by atoms with van der Waals surface area (Å²) in [5.74, 6) is -0.721. The predicted molar refractivity (Wildman–Crippen MR) is 118 cm³/mol. The predicted octanol–water partition coefficient (Wildman–Crippen LogP) is 3.01. The number of nitro groups is 1. The van der Waals surface area contributed by atoms with Crippen molar-refractivity contribution in [1.82, 2.24) is 10.2 Å². The highest BCUT2D eigenvalue weighted by atomic mass is 79.9. The number of ether oxygens (including phenoxy) is 3. The smallest absolute Gasteiger partial charge is 0.329 e. The van der Waals surface area contributed by atoms with E-state index < -0.39 is 29.4 Å². The molecule has 0 unspecified atom stereocenters. The number of methoxy groups -OCH3 is 2. The van der Waals surface area contributed by atoms with Crippen LogP contribution in [0.1, 0.15) is 11.1 Å². The third-order valence-electron chi connectivity index (χ3n) is 4.58. The van der Waals surface area contributed by atoms with Crippen LogP contribution in [0, 0.1) is 10.1 Å². The van der Waals surface area contributed by atoms with E-state index in [0.717, 1.165) is 12.0 Å². The van der Waals surface area contributed by atoms with Crippen molar-refractivity contribution >= 4 is 45.6 Å². The van der Waals surface area contributed by atoms with Gasteiger partial charge in [0.25, 0.3) is 11.6 Å². The Bertz CT molecular complexity index is 1160. The summed E-state index contributed by atoms with van der Waals surface area (Å²) < 4.78 is 16.2. The van der Waals surface area contributed by atoms with Crippen molar-refractivity contribution in [3.63, 3.8) is 0 Å². The molecule has 12 heteroatoms. The van der Waals surface area contributed by atoms with Gasteiger partial charge in [0.05, 0.1) is 19.1 Å². The summed E-state index contributed by atoms with van der Waals surface area (Å²) in [6.45, 7) is -0.449. The van der Waals surface area contributed by atoms with Gasteiger partial charge in [-0.2, -0.15) is 0 Å². The summed E-state index contributed by atoms with van der Waals surface area (Å²) in [4.78, 5) is 47.1. The molecule has 33 heavy (non-hydrogen) atoms. The highest BCUT2D eigenvalue weighted by Gasteiger charge is 2.35. The van der Waals surface area contributed by atoms with Gasteiger partial charge < -0.3 is 19.5 Å². The van der Waals surface area contributed by atoms with Crippen LogP contribution in [0.5, 0.6) is 11.5 Å². The van der Waals surface area contributed by atoms with E-state index >= 15 is 0 Å². The van der Waals surface area contributed by atoms with E-state index in [1.54, 1.807) is 24.3 Å². The van der Waals surface area contributed by atoms with Gasteiger partial charge in [0, 0.05) is 16.6 Å². The molecule has 0 atom stereocenters. The van der Waals surface area contributed by atoms with Crippen LogP contribution < -0.4 is 14.8 Å². The molecule has 0 spiro atoms. The Labute approximate surface area is 196 Å². The molecule has 172 valence electrons. The molecule has 11 nitrogen and oxygen atoms in total. The Balaban J connectivity index is 1.81. The largest absolute Gasteiger partial charge is 0.493 e. The van der Waals surface area contributed by atoms with Crippen LogP contribution in [0.3, 0.4) is 0 Å². The first kappa shape index (κ1) is 23.7. The standard InChI is InChI=1S/C21H18BrN3O8/c1-31-17-8-13(7-16-20(27)24(21(28)23-16)10-19(26)32-2)15(22)9-18(17)33-11-12-4-3-5-14(6-12)25(29)30/h3-9H,10-11H2,1-2H3,(H,23,28)/b16-7+. The number of benzene rings is 2. The Morgan fingerprint density at radius 2 is 1.97 bits per heavy atom. The number of nitrogens with zero attached hydrogens (tertiary/aromatic N) is 2. The molecule has 1 fully saturated rings. The number of imide groups is 1. The molecule has 1 N–H and O–H groups in total. The molecule has 2 aromatic rings. The van der Waals surface area contributed by atoms with E-state index in [9.17, 15) is 24.5 Å². The third-order valence-corrected chi connectivity index (χ3v) is 5.26. The molecule has 0 bridgehead atoms. The summed E-state index contributed by atoms with van der Waals surface area (Å²) in [7, 11) is 2.59. The lowest BCUT2D eigenvalue weighted by Crippen LogP contribution is -2.36. The lowest BCUT2D eigenvalue weighted by Gasteiger charge is -2.13. The van der Waals surface area contributed by atoms with Gasteiger partial charge in [0.15, 0.2) is 11.5 Å². The molecular weight excluding hydrogens is 502 g/mol. The quantitative estimate of drug-likeness (QED) is 0.184. The molecule has 0 radical (unpaired) electrons. The number of carbonyl (C=O) groups excluding carboxylic acids is 3. The number of rotatable bonds is 8. The Hall–Kier alpha value is -3.93. The fourth-order valence-corrected chi connectivity index (χ4v) is 3.36. The van der Waals surface area contributed by atoms with Crippen LogP contribution in [0.4, 0.5) is 10.5 Å². The molecule has 0 aromatic heterocycles. The summed E-state index contributed by atoms with van der Waals surface area (Å²) in [5, 5.41) is 13.4. The minimum Gasteiger partial charge on any atom is -0.493 e. The van der Waals surface area contributed by atoms with Gasteiger partial charge in [-0.1, -0.05) is 28.1 Å². The number of urea groups is 1. The number of carbonyl (C=O) groups is 3. The number of nitro benzene ring substituents is 1. The third kappa shape index (κ3) is 5.47. The van der Waals surface area contributed by atoms with Crippen molar-refractivity contribution in [3.8, 4) is 11.5 Å². The van der Waals surface area contributed by atoms with E-state index in [1.807, 2.05) is 0 Å². The summed E-state index contributed by atoms with van der Waals surface area (Å²) >= 11 is 3.40. The fraction of sp³-hybridized carbons (Fsp3) is 0.190. The van der Waals surface area contributed by atoms with Crippen molar-refractivity contribution in [2.75, 3.05) is 20.8 Å². The van der Waals surface area contributed by atoms with Crippen molar-refractivity contribution in [2.24, 2.45) is 0 Å². The monoisotopic (exact) mass is 519 g/mol. The van der Waals surface area contributed by atoms with Crippen molar-refractivity contribution in [1.29, 1.82) is 0 Å². The number of hydrogen-bond acceptors (Lipinski definition) is 8. The van der Waals surface area contributed by atoms with Crippen LogP contribution in [-0.4, -0.2) is 48.5 Å². The average molecular weight is 520 g/mol. The summed E-state index contributed by atoms with van der Waals surface area (Å²) in [6, 6.07) is 8.51. The van der Waals surface area contributed by atoms with Gasteiger partial charge in [-0.25, -0.2) is 9.69 Å². The number of amides is 3. The molecule has 0 aliphatic carbocycles. The van der Waals surface area contributed by atoms with Gasteiger partial charge in [-0.15, -0.1) is 0 Å². The summed E-state index contributed by atoms with van der Waals surface area (Å²) in [5.41, 5.74) is 1.02. The van der Waals surface area contributed by atoms with Gasteiger partial charge in [-0.3, -0.25) is 19.7 Å². The Morgan fingerprint density at radius 3 is 2.64 bits per heavy atom. The maximum absolute atomic E-state index is 12.5. The van der Waals surface area contributed by atoms with Crippen LogP contribution in [-0.2, 0) is 20.9 Å². The maximum Gasteiger partial charge on any atom is 0.329 e. The van der Waals surface area contributed by atoms with Gasteiger partial charge >= 0.3 is 12.0 Å². The fourth-order valence-electron chi connectivity index (χ4n) is 2.92. The van der Waals surface area contributed by atoms with E-state index in [4.69, 9.17) is 9.47 Å². The highest BCUT2D eigenvalue weighted by Crippen LogP contribution is 2.35. The Kier molecular flexibility index (Phi) is 7.28. The molecule has 3 rings (SSSR count). The molecule has 0 saturated carbocycles. The van der Waals surface area contributed by atoms with E-state index in [0.29, 0.717) is 27.1 Å². The molecule has 2 aromatic carbocycles. The first-order valence-electron chi connectivity index (χ1n) is 9.38. The molecule has 3 amide bonds. The molecule has 1 aliphatic rings. The molecule has 1 heterocycles. The number of non-ortho nitro benzene ring substituents is 1. The molecule has 1 saturated heterocycles. The minimum absolute atomic E-state index is 0.0306. The zero-order chi connectivity index (χ0) is 24.1. The highest BCUT2D eigenvalue weighted by molar-refractivity contribution is 9.10. The Morgan fingerprint density at radius 1 is 1.21 bits per heavy atom. The van der Waals surface area contributed by atoms with Gasteiger partial charge in [0.1, 0.15) is 18.8 Å². The van der Waals surface area contributed by atoms with Crippen molar-refractivity contribution in [3.05, 3.63) is 67.8 Å². The first-order valence-corrected chi connectivity index (χ1v) is 10.2. The van der Waals surface area contributed by atoms with Gasteiger partial charge in [-0.05, 0) is 29.3 Å². The van der Waals surface area contributed by atoms with Crippen molar-refractivity contribution < 1.29 is 33.5 Å². The lowest BCUT2D eigenvalue weighted by atomic mass is 10.1. The second kappa shape index (κ2) is 10.1. The second-order valence-corrected chi connectivity index (χ2v) is 7.55. The van der Waals surface area contributed by atoms with Crippen LogP contribution in [0.2, 0.25) is 0 Å².